The summed E-state index contributed by atoms with van der Waals surface area (Å²) in [4.78, 5) is 19.0. The number of fused-ring (bicyclic) bond motifs is 2. The lowest BCUT2D eigenvalue weighted by Crippen LogP contribution is -2.43. The molecule has 100 valence electrons. The van der Waals surface area contributed by atoms with Crippen molar-refractivity contribution in [2.75, 3.05) is 26.4 Å². The number of aliphatic hydroxyl groups excluding tert-OH is 2. The second-order valence-electron chi connectivity index (χ2n) is 4.33. The Morgan fingerprint density at radius 1 is 1.56 bits per heavy atom. The summed E-state index contributed by atoms with van der Waals surface area (Å²) in [7, 11) is 0. The zero-order valence-electron chi connectivity index (χ0n) is 10.2. The molecule has 0 aliphatic carbocycles. The van der Waals surface area contributed by atoms with Crippen LogP contribution in [0.3, 0.4) is 0 Å². The second kappa shape index (κ2) is 5.51. The van der Waals surface area contributed by atoms with Crippen molar-refractivity contribution in [3.8, 4) is 0 Å². The zero-order chi connectivity index (χ0) is 13.1. The van der Waals surface area contributed by atoms with Gasteiger partial charge in [0.1, 0.15) is 0 Å². The molecule has 2 N–H and O–H groups in total. The van der Waals surface area contributed by atoms with Gasteiger partial charge in [0.15, 0.2) is 0 Å². The average molecular weight is 254 g/mol. The van der Waals surface area contributed by atoms with Gasteiger partial charge in [-0.05, 0) is 12.0 Å². The minimum Gasteiger partial charge on any atom is -0.396 e. The van der Waals surface area contributed by atoms with E-state index < -0.39 is 0 Å². The molecule has 6 heteroatoms. The van der Waals surface area contributed by atoms with E-state index in [1.165, 1.54) is 5.06 Å². The molecule has 0 saturated carbocycles. The van der Waals surface area contributed by atoms with E-state index in [0.717, 1.165) is 5.57 Å². The maximum Gasteiger partial charge on any atom is 0.345 e. The predicted molar refractivity (Wildman–Crippen MR) is 64.5 cm³/mol. The van der Waals surface area contributed by atoms with Crippen molar-refractivity contribution in [2.24, 2.45) is 0 Å². The van der Waals surface area contributed by atoms with Crippen LogP contribution in [0.4, 0.5) is 4.79 Å². The van der Waals surface area contributed by atoms with Gasteiger partial charge in [-0.3, -0.25) is 4.84 Å². The van der Waals surface area contributed by atoms with Crippen molar-refractivity contribution < 1.29 is 19.8 Å². The molecular weight excluding hydrogens is 236 g/mol. The normalized spacial score (nSPS) is 26.6. The number of nitrogens with zero attached hydrogens (tertiary/aromatic N) is 2. The van der Waals surface area contributed by atoms with Crippen LogP contribution in [0.2, 0.25) is 0 Å². The van der Waals surface area contributed by atoms with E-state index in [0.29, 0.717) is 13.0 Å². The fourth-order valence-corrected chi connectivity index (χ4v) is 2.44. The molecule has 2 amide bonds. The van der Waals surface area contributed by atoms with Gasteiger partial charge in [0.05, 0.1) is 25.3 Å². The molecule has 0 aromatic rings. The van der Waals surface area contributed by atoms with E-state index >= 15 is 0 Å². The molecule has 0 spiro atoms. The van der Waals surface area contributed by atoms with Crippen LogP contribution in [-0.4, -0.2) is 64.7 Å². The number of hydrogen-bond acceptors (Lipinski definition) is 4. The van der Waals surface area contributed by atoms with E-state index in [-0.39, 0.29) is 37.9 Å². The van der Waals surface area contributed by atoms with E-state index in [1.807, 2.05) is 6.08 Å². The summed E-state index contributed by atoms with van der Waals surface area (Å²) in [6.07, 6.45) is 3.94. The van der Waals surface area contributed by atoms with Crippen LogP contribution >= 0.6 is 0 Å². The highest BCUT2D eigenvalue weighted by atomic mass is 16.7. The van der Waals surface area contributed by atoms with E-state index in [1.54, 1.807) is 11.0 Å². The summed E-state index contributed by atoms with van der Waals surface area (Å²) >= 11 is 0. The van der Waals surface area contributed by atoms with Gasteiger partial charge < -0.3 is 15.1 Å². The van der Waals surface area contributed by atoms with Gasteiger partial charge >= 0.3 is 6.03 Å². The smallest absolute Gasteiger partial charge is 0.345 e. The Morgan fingerprint density at radius 3 is 2.94 bits per heavy atom. The standard InChI is InChI=1S/C12H18N2O4/c1-2-5-18-14-10-6-9(3-4-15)11(8-16)13(7-10)12(14)17/h2,6,10-11,15-16H,1,3-5,7-8H2/t10?,11-/m1/s1. The number of carbonyl (C=O) groups is 1. The van der Waals surface area contributed by atoms with Crippen LogP contribution in [0, 0.1) is 0 Å². The Bertz CT molecular complexity index is 369. The summed E-state index contributed by atoms with van der Waals surface area (Å²) in [5.41, 5.74) is 0.884. The van der Waals surface area contributed by atoms with Crippen LogP contribution in [0.15, 0.2) is 24.3 Å². The van der Waals surface area contributed by atoms with Gasteiger partial charge in [-0.1, -0.05) is 12.2 Å². The van der Waals surface area contributed by atoms with Crippen LogP contribution in [0.1, 0.15) is 6.42 Å². The maximum atomic E-state index is 12.1. The highest BCUT2D eigenvalue weighted by molar-refractivity contribution is 5.78. The quantitative estimate of drug-likeness (QED) is 0.649. The first-order valence-corrected chi connectivity index (χ1v) is 5.98. The van der Waals surface area contributed by atoms with Crippen LogP contribution in [0.25, 0.3) is 0 Å². The molecule has 2 bridgehead atoms. The number of hydroxylamine groups is 2. The summed E-state index contributed by atoms with van der Waals surface area (Å²) in [6.45, 7) is 4.18. The van der Waals surface area contributed by atoms with Crippen molar-refractivity contribution in [1.29, 1.82) is 0 Å². The molecule has 1 unspecified atom stereocenters. The minimum atomic E-state index is -0.349. The summed E-state index contributed by atoms with van der Waals surface area (Å²) in [5, 5.41) is 19.7. The number of carbonyl (C=O) groups excluding carboxylic acids is 1. The Labute approximate surface area is 106 Å². The molecule has 1 fully saturated rings. The van der Waals surface area contributed by atoms with Gasteiger partial charge in [0, 0.05) is 13.2 Å². The summed E-state index contributed by atoms with van der Waals surface area (Å²) < 4.78 is 0. The molecule has 2 aliphatic rings. The molecule has 18 heavy (non-hydrogen) atoms. The minimum absolute atomic E-state index is 0.00456. The van der Waals surface area contributed by atoms with E-state index in [2.05, 4.69) is 6.58 Å². The molecule has 2 atom stereocenters. The molecule has 0 aromatic carbocycles. The lowest BCUT2D eigenvalue weighted by molar-refractivity contribution is -0.107. The van der Waals surface area contributed by atoms with Crippen molar-refractivity contribution in [2.45, 2.75) is 18.5 Å². The molecule has 2 aliphatic heterocycles. The molecule has 2 heterocycles. The molecule has 6 nitrogen and oxygen atoms in total. The third-order valence-corrected chi connectivity index (χ3v) is 3.23. The average Bonchev–Trinajstić information content (AvgIpc) is 2.61. The SMILES string of the molecule is C=CCON1C(=O)N2CC1C=C(CCO)[C@H]2CO. The molecule has 0 radical (unpaired) electrons. The number of urea groups is 1. The summed E-state index contributed by atoms with van der Waals surface area (Å²) in [6, 6.07) is -0.745. The largest absolute Gasteiger partial charge is 0.396 e. The topological polar surface area (TPSA) is 73.2 Å². The molecular formula is C12H18N2O4. The van der Waals surface area contributed by atoms with Gasteiger partial charge in [0.2, 0.25) is 0 Å². The first-order valence-electron chi connectivity index (χ1n) is 5.98. The Hall–Kier alpha value is -1.37. The third kappa shape index (κ3) is 2.14. The second-order valence-corrected chi connectivity index (χ2v) is 4.33. The van der Waals surface area contributed by atoms with Crippen LogP contribution < -0.4 is 0 Å². The fourth-order valence-electron chi connectivity index (χ4n) is 2.44. The van der Waals surface area contributed by atoms with Crippen molar-refractivity contribution in [1.82, 2.24) is 9.96 Å². The van der Waals surface area contributed by atoms with E-state index in [9.17, 15) is 9.90 Å². The Morgan fingerprint density at radius 2 is 2.33 bits per heavy atom. The number of amides is 2. The number of aliphatic hydroxyl groups is 2. The fraction of sp³-hybridized carbons (Fsp3) is 0.583. The Kier molecular flexibility index (Phi) is 4.00. The highest BCUT2D eigenvalue weighted by Gasteiger charge is 2.45. The predicted octanol–water partition coefficient (Wildman–Crippen LogP) is -0.106. The third-order valence-electron chi connectivity index (χ3n) is 3.23. The monoisotopic (exact) mass is 254 g/mol. The van der Waals surface area contributed by atoms with Gasteiger partial charge in [0.25, 0.3) is 0 Å². The maximum absolute atomic E-state index is 12.1. The number of hydrogen-bond donors (Lipinski definition) is 2. The van der Waals surface area contributed by atoms with E-state index in [4.69, 9.17) is 9.94 Å². The van der Waals surface area contributed by atoms with Crippen molar-refractivity contribution in [3.05, 3.63) is 24.3 Å². The summed E-state index contributed by atoms with van der Waals surface area (Å²) in [5.74, 6) is 0. The van der Waals surface area contributed by atoms with Crippen molar-refractivity contribution >= 4 is 6.03 Å². The van der Waals surface area contributed by atoms with Gasteiger partial charge in [-0.25, -0.2) is 4.79 Å². The first kappa shape index (κ1) is 13.1. The first-order chi connectivity index (χ1) is 8.72. The molecule has 1 saturated heterocycles. The van der Waals surface area contributed by atoms with Crippen LogP contribution in [0.5, 0.6) is 0 Å². The lowest BCUT2D eigenvalue weighted by Gasteiger charge is -2.30. The van der Waals surface area contributed by atoms with Crippen LogP contribution in [-0.2, 0) is 4.84 Å². The molecule has 2 rings (SSSR count). The van der Waals surface area contributed by atoms with Gasteiger partial charge in [-0.2, -0.15) is 5.06 Å². The Balaban J connectivity index is 2.18. The molecule has 0 aromatic heterocycles. The van der Waals surface area contributed by atoms with Gasteiger partial charge in [-0.15, -0.1) is 6.58 Å². The number of rotatable bonds is 6. The van der Waals surface area contributed by atoms with Crippen molar-refractivity contribution in [3.63, 3.8) is 0 Å². The highest BCUT2D eigenvalue weighted by Crippen LogP contribution is 2.30. The zero-order valence-corrected chi connectivity index (χ0v) is 10.2. The lowest BCUT2D eigenvalue weighted by atomic mass is 9.97.